The van der Waals surface area contributed by atoms with Crippen molar-refractivity contribution in [2.24, 2.45) is 11.7 Å². The highest BCUT2D eigenvalue weighted by Gasteiger charge is 2.18. The van der Waals surface area contributed by atoms with Gasteiger partial charge in [0.1, 0.15) is 4.99 Å². The van der Waals surface area contributed by atoms with Crippen LogP contribution in [-0.4, -0.2) is 36.1 Å². The average molecular weight is 312 g/mol. The topological polar surface area (TPSA) is 41.3 Å². The molecule has 1 aromatic carbocycles. The molecule has 2 rings (SSSR count). The Balaban J connectivity index is 1.94. The number of nitrogens with two attached hydrogens (primary N) is 1. The van der Waals surface area contributed by atoms with Gasteiger partial charge in [-0.1, -0.05) is 30.7 Å². The lowest BCUT2D eigenvalue weighted by atomic mass is 9.96. The number of thiocarbonyl (C=S) groups is 1. The molecule has 5 heteroatoms. The van der Waals surface area contributed by atoms with Crippen molar-refractivity contribution in [3.8, 4) is 0 Å². The molecule has 20 heavy (non-hydrogen) atoms. The largest absolute Gasteiger partial charge is 0.389 e. The van der Waals surface area contributed by atoms with Crippen molar-refractivity contribution in [3.63, 3.8) is 0 Å². The van der Waals surface area contributed by atoms with Crippen LogP contribution in [0.5, 0.6) is 0 Å². The Hall–Kier alpha value is -0.840. The van der Waals surface area contributed by atoms with E-state index in [1.165, 1.54) is 25.9 Å². The number of rotatable bonds is 5. The van der Waals surface area contributed by atoms with Gasteiger partial charge in [-0.3, -0.25) is 0 Å². The number of hydrogen-bond donors (Lipinski definition) is 2. The van der Waals surface area contributed by atoms with Gasteiger partial charge in [-0.25, -0.2) is 0 Å². The van der Waals surface area contributed by atoms with Crippen LogP contribution in [-0.2, 0) is 0 Å². The SMILES string of the molecule is CCN1CCC(CNc2cc(Cl)ccc2C(N)=S)CC1. The van der Waals surface area contributed by atoms with E-state index in [2.05, 4.69) is 17.1 Å². The molecule has 3 nitrogen and oxygen atoms in total. The third kappa shape index (κ3) is 4.08. The zero-order chi connectivity index (χ0) is 14.5. The molecule has 0 radical (unpaired) electrons. The fraction of sp³-hybridized carbons (Fsp3) is 0.533. The molecule has 0 atom stereocenters. The summed E-state index contributed by atoms with van der Waals surface area (Å²) in [5.74, 6) is 0.705. The third-order valence-electron chi connectivity index (χ3n) is 3.98. The lowest BCUT2D eigenvalue weighted by molar-refractivity contribution is 0.198. The molecule has 1 aliphatic rings. The van der Waals surface area contributed by atoms with E-state index < -0.39 is 0 Å². The zero-order valence-corrected chi connectivity index (χ0v) is 13.4. The molecule has 1 fully saturated rings. The van der Waals surface area contributed by atoms with Crippen LogP contribution in [0.15, 0.2) is 18.2 Å². The highest BCUT2D eigenvalue weighted by Crippen LogP contribution is 2.23. The van der Waals surface area contributed by atoms with Gasteiger partial charge in [0, 0.05) is 22.8 Å². The summed E-state index contributed by atoms with van der Waals surface area (Å²) in [5, 5.41) is 4.17. The van der Waals surface area contributed by atoms with E-state index in [-0.39, 0.29) is 0 Å². The number of halogens is 1. The smallest absolute Gasteiger partial charge is 0.106 e. The monoisotopic (exact) mass is 311 g/mol. The molecule has 0 aliphatic carbocycles. The second-order valence-electron chi connectivity index (χ2n) is 5.31. The summed E-state index contributed by atoms with van der Waals surface area (Å²) in [6.07, 6.45) is 2.48. The van der Waals surface area contributed by atoms with Gasteiger partial charge >= 0.3 is 0 Å². The number of nitrogens with zero attached hydrogens (tertiary/aromatic N) is 1. The maximum Gasteiger partial charge on any atom is 0.106 e. The molecular formula is C15H22ClN3S. The number of likely N-dealkylation sites (tertiary alicyclic amines) is 1. The Labute approximate surface area is 131 Å². The number of benzene rings is 1. The summed E-state index contributed by atoms with van der Waals surface area (Å²) in [4.78, 5) is 2.90. The van der Waals surface area contributed by atoms with Crippen LogP contribution in [0.25, 0.3) is 0 Å². The standard InChI is InChI=1S/C15H22ClN3S/c1-2-19-7-5-11(6-8-19)10-18-14-9-12(16)3-4-13(14)15(17)20/h3-4,9,11,18H,2,5-8,10H2,1H3,(H2,17,20). The van der Waals surface area contributed by atoms with Gasteiger partial charge in [0.25, 0.3) is 0 Å². The molecule has 1 heterocycles. The van der Waals surface area contributed by atoms with E-state index in [1.54, 1.807) is 0 Å². The van der Waals surface area contributed by atoms with E-state index in [4.69, 9.17) is 29.6 Å². The summed E-state index contributed by atoms with van der Waals surface area (Å²) >= 11 is 11.1. The summed E-state index contributed by atoms with van der Waals surface area (Å²) in [6, 6.07) is 5.60. The summed E-state index contributed by atoms with van der Waals surface area (Å²) < 4.78 is 0. The minimum Gasteiger partial charge on any atom is -0.389 e. The molecule has 1 aliphatic heterocycles. The summed E-state index contributed by atoms with van der Waals surface area (Å²) in [7, 11) is 0. The van der Waals surface area contributed by atoms with E-state index in [9.17, 15) is 0 Å². The van der Waals surface area contributed by atoms with Crippen LogP contribution in [0, 0.1) is 5.92 Å². The maximum atomic E-state index is 6.05. The lowest BCUT2D eigenvalue weighted by Gasteiger charge is -2.31. The van der Waals surface area contributed by atoms with Crippen LogP contribution < -0.4 is 11.1 Å². The Morgan fingerprint density at radius 1 is 1.45 bits per heavy atom. The van der Waals surface area contributed by atoms with Gasteiger partial charge in [0.15, 0.2) is 0 Å². The van der Waals surface area contributed by atoms with Crippen LogP contribution in [0.2, 0.25) is 5.02 Å². The van der Waals surface area contributed by atoms with Crippen LogP contribution >= 0.6 is 23.8 Å². The number of piperidine rings is 1. The molecule has 110 valence electrons. The summed E-state index contributed by atoms with van der Waals surface area (Å²) in [5.41, 5.74) is 7.57. The molecule has 1 aromatic rings. The molecule has 1 saturated heterocycles. The Morgan fingerprint density at radius 3 is 2.75 bits per heavy atom. The highest BCUT2D eigenvalue weighted by atomic mass is 35.5. The van der Waals surface area contributed by atoms with E-state index >= 15 is 0 Å². The van der Waals surface area contributed by atoms with Crippen molar-refractivity contribution in [2.75, 3.05) is 31.5 Å². The normalized spacial score (nSPS) is 17.1. The molecule has 0 saturated carbocycles. The first kappa shape index (κ1) is 15.5. The molecular weight excluding hydrogens is 290 g/mol. The maximum absolute atomic E-state index is 6.05. The first-order valence-corrected chi connectivity index (χ1v) is 7.94. The predicted molar refractivity (Wildman–Crippen MR) is 90.7 cm³/mol. The fourth-order valence-electron chi connectivity index (χ4n) is 2.64. The predicted octanol–water partition coefficient (Wildman–Crippen LogP) is 3.12. The van der Waals surface area contributed by atoms with Crippen molar-refractivity contribution in [1.29, 1.82) is 0 Å². The second-order valence-corrected chi connectivity index (χ2v) is 6.19. The van der Waals surface area contributed by atoms with E-state index in [0.29, 0.717) is 15.9 Å². The van der Waals surface area contributed by atoms with Gasteiger partial charge in [0.05, 0.1) is 0 Å². The van der Waals surface area contributed by atoms with Crippen molar-refractivity contribution >= 4 is 34.5 Å². The van der Waals surface area contributed by atoms with Gasteiger partial charge in [-0.2, -0.15) is 0 Å². The van der Waals surface area contributed by atoms with Gasteiger partial charge in [-0.05, 0) is 56.6 Å². The molecule has 0 amide bonds. The zero-order valence-electron chi connectivity index (χ0n) is 11.9. The van der Waals surface area contributed by atoms with Crippen LogP contribution in [0.1, 0.15) is 25.3 Å². The Kier molecular flexibility index (Phi) is 5.64. The summed E-state index contributed by atoms with van der Waals surface area (Å²) in [6.45, 7) is 6.72. The quantitative estimate of drug-likeness (QED) is 0.820. The van der Waals surface area contributed by atoms with Crippen LogP contribution in [0.4, 0.5) is 5.69 Å². The van der Waals surface area contributed by atoms with Crippen molar-refractivity contribution in [2.45, 2.75) is 19.8 Å². The molecule has 0 unspecified atom stereocenters. The fourth-order valence-corrected chi connectivity index (χ4v) is 2.99. The van der Waals surface area contributed by atoms with E-state index in [1.807, 2.05) is 18.2 Å². The van der Waals surface area contributed by atoms with Crippen molar-refractivity contribution in [1.82, 2.24) is 4.90 Å². The molecule has 0 spiro atoms. The third-order valence-corrected chi connectivity index (χ3v) is 4.44. The molecule has 3 N–H and O–H groups in total. The lowest BCUT2D eigenvalue weighted by Crippen LogP contribution is -2.35. The number of anilines is 1. The van der Waals surface area contributed by atoms with Crippen LogP contribution in [0.3, 0.4) is 0 Å². The average Bonchev–Trinajstić information content (AvgIpc) is 2.45. The Morgan fingerprint density at radius 2 is 2.15 bits per heavy atom. The number of nitrogens with one attached hydrogen (secondary N) is 1. The molecule has 0 aromatic heterocycles. The highest BCUT2D eigenvalue weighted by molar-refractivity contribution is 7.80. The molecule has 0 bridgehead atoms. The van der Waals surface area contributed by atoms with Gasteiger partial charge in [0.2, 0.25) is 0 Å². The number of hydrogen-bond acceptors (Lipinski definition) is 3. The first-order chi connectivity index (χ1) is 9.60. The second kappa shape index (κ2) is 7.25. The Bertz CT molecular complexity index is 470. The van der Waals surface area contributed by atoms with Crippen molar-refractivity contribution < 1.29 is 0 Å². The minimum atomic E-state index is 0.407. The minimum absolute atomic E-state index is 0.407. The first-order valence-electron chi connectivity index (χ1n) is 7.15. The van der Waals surface area contributed by atoms with Gasteiger partial charge < -0.3 is 16.0 Å². The van der Waals surface area contributed by atoms with E-state index in [0.717, 1.165) is 24.3 Å². The van der Waals surface area contributed by atoms with Crippen molar-refractivity contribution in [3.05, 3.63) is 28.8 Å². The van der Waals surface area contributed by atoms with Gasteiger partial charge in [-0.15, -0.1) is 0 Å².